The first kappa shape index (κ1) is 14.7. The summed E-state index contributed by atoms with van der Waals surface area (Å²) < 4.78 is 0. The molecule has 1 aliphatic heterocycles. The molecule has 1 saturated heterocycles. The molecule has 0 aliphatic carbocycles. The number of likely N-dealkylation sites (tertiary alicyclic amines) is 1. The summed E-state index contributed by atoms with van der Waals surface area (Å²) in [5.41, 5.74) is 0.395. The molecule has 3 amide bonds. The lowest BCUT2D eigenvalue weighted by Gasteiger charge is -2.12. The van der Waals surface area contributed by atoms with E-state index >= 15 is 0 Å². The van der Waals surface area contributed by atoms with Crippen LogP contribution in [-0.4, -0.2) is 46.8 Å². The average molecular weight is 290 g/mol. The largest absolute Gasteiger partial charge is 0.478 e. The van der Waals surface area contributed by atoms with E-state index in [2.05, 4.69) is 5.32 Å². The van der Waals surface area contributed by atoms with Crippen LogP contribution in [0.25, 0.3) is 0 Å². The van der Waals surface area contributed by atoms with Crippen molar-refractivity contribution in [2.45, 2.75) is 18.9 Å². The molecule has 0 saturated carbocycles. The van der Waals surface area contributed by atoms with Gasteiger partial charge >= 0.3 is 5.97 Å². The summed E-state index contributed by atoms with van der Waals surface area (Å²) in [6.45, 7) is 0. The molecular formula is C14H14N2O5. The quantitative estimate of drug-likeness (QED) is 0.747. The Bertz CT molecular complexity index is 626. The average Bonchev–Trinajstić information content (AvgIpc) is 2.66. The van der Waals surface area contributed by atoms with Gasteiger partial charge in [0, 0.05) is 7.05 Å². The first-order valence-electron chi connectivity index (χ1n) is 6.31. The molecular weight excluding hydrogens is 276 g/mol. The van der Waals surface area contributed by atoms with Gasteiger partial charge in [-0.3, -0.25) is 19.3 Å². The van der Waals surface area contributed by atoms with E-state index in [4.69, 9.17) is 5.11 Å². The zero-order chi connectivity index (χ0) is 15.6. The highest BCUT2D eigenvalue weighted by Crippen LogP contribution is 2.12. The number of nitrogens with one attached hydrogen (secondary N) is 1. The minimum atomic E-state index is -1.12. The van der Waals surface area contributed by atoms with Crippen molar-refractivity contribution < 1.29 is 24.3 Å². The highest BCUT2D eigenvalue weighted by molar-refractivity contribution is 6.06. The van der Waals surface area contributed by atoms with Crippen molar-refractivity contribution in [3.63, 3.8) is 0 Å². The van der Waals surface area contributed by atoms with Gasteiger partial charge in [0.05, 0.1) is 18.4 Å². The van der Waals surface area contributed by atoms with Crippen LogP contribution in [0, 0.1) is 0 Å². The van der Waals surface area contributed by atoms with Gasteiger partial charge in [-0.05, 0) is 11.6 Å². The molecule has 7 heteroatoms. The number of hydrogen-bond donors (Lipinski definition) is 2. The minimum Gasteiger partial charge on any atom is -0.478 e. The Hall–Kier alpha value is -2.70. The zero-order valence-corrected chi connectivity index (χ0v) is 11.3. The van der Waals surface area contributed by atoms with Crippen molar-refractivity contribution in [1.82, 2.24) is 10.2 Å². The van der Waals surface area contributed by atoms with Crippen molar-refractivity contribution in [2.75, 3.05) is 7.05 Å². The second-order valence-electron chi connectivity index (χ2n) is 4.75. The highest BCUT2D eigenvalue weighted by atomic mass is 16.4. The topological polar surface area (TPSA) is 104 Å². The molecule has 2 rings (SSSR count). The van der Waals surface area contributed by atoms with Crippen LogP contribution in [0.1, 0.15) is 22.3 Å². The maximum absolute atomic E-state index is 11.9. The van der Waals surface area contributed by atoms with Crippen LogP contribution in [0.4, 0.5) is 0 Å². The molecule has 1 atom stereocenters. The van der Waals surface area contributed by atoms with Crippen molar-refractivity contribution in [3.05, 3.63) is 35.4 Å². The van der Waals surface area contributed by atoms with Crippen LogP contribution in [-0.2, 0) is 20.8 Å². The smallest absolute Gasteiger partial charge is 0.335 e. The van der Waals surface area contributed by atoms with E-state index in [0.717, 1.165) is 4.90 Å². The van der Waals surface area contributed by atoms with Gasteiger partial charge in [-0.1, -0.05) is 18.2 Å². The fraction of sp³-hybridized carbons (Fsp3) is 0.286. The molecule has 0 radical (unpaired) electrons. The molecule has 1 fully saturated rings. The van der Waals surface area contributed by atoms with Gasteiger partial charge in [-0.15, -0.1) is 0 Å². The Morgan fingerprint density at radius 2 is 2.00 bits per heavy atom. The number of likely N-dealkylation sites (N-methyl/N-ethyl adjacent to an activating group) is 1. The standard InChI is InChI=1S/C14H14N2O5/c1-16-12(18)7-10(13(16)19)15-11(17)6-8-4-2-3-5-9(8)14(20)21/h2-5,10H,6-7H2,1H3,(H,15,17)(H,20,21). The lowest BCUT2D eigenvalue weighted by atomic mass is 10.0. The molecule has 1 heterocycles. The third-order valence-corrected chi connectivity index (χ3v) is 3.32. The first-order chi connectivity index (χ1) is 9.90. The summed E-state index contributed by atoms with van der Waals surface area (Å²) in [4.78, 5) is 47.0. The molecule has 7 nitrogen and oxygen atoms in total. The van der Waals surface area contributed by atoms with E-state index in [1.807, 2.05) is 0 Å². The maximum Gasteiger partial charge on any atom is 0.335 e. The van der Waals surface area contributed by atoms with Crippen LogP contribution in [0.15, 0.2) is 24.3 Å². The SMILES string of the molecule is CN1C(=O)CC(NC(=O)Cc2ccccc2C(=O)O)C1=O. The Kier molecular flexibility index (Phi) is 4.02. The molecule has 0 bridgehead atoms. The number of hydrogen-bond acceptors (Lipinski definition) is 4. The van der Waals surface area contributed by atoms with Crippen LogP contribution < -0.4 is 5.32 Å². The second kappa shape index (κ2) is 5.74. The molecule has 0 aromatic heterocycles. The first-order valence-corrected chi connectivity index (χ1v) is 6.31. The van der Waals surface area contributed by atoms with E-state index in [1.165, 1.54) is 19.2 Å². The molecule has 2 N–H and O–H groups in total. The van der Waals surface area contributed by atoms with E-state index in [-0.39, 0.29) is 24.3 Å². The number of benzene rings is 1. The zero-order valence-electron chi connectivity index (χ0n) is 11.3. The number of carboxylic acid groups (broad SMARTS) is 1. The number of carboxylic acids is 1. The summed E-state index contributed by atoms with van der Waals surface area (Å²) in [5, 5.41) is 11.5. The summed E-state index contributed by atoms with van der Waals surface area (Å²) in [6.07, 6.45) is -0.230. The van der Waals surface area contributed by atoms with Crippen molar-refractivity contribution in [2.24, 2.45) is 0 Å². The molecule has 21 heavy (non-hydrogen) atoms. The molecule has 1 aromatic rings. The van der Waals surface area contributed by atoms with E-state index < -0.39 is 23.8 Å². The minimum absolute atomic E-state index is 0.0404. The van der Waals surface area contributed by atoms with E-state index in [0.29, 0.717) is 5.56 Å². The summed E-state index contributed by atoms with van der Waals surface area (Å²) >= 11 is 0. The molecule has 1 aromatic carbocycles. The molecule has 1 aliphatic rings. The van der Waals surface area contributed by atoms with Gasteiger partial charge < -0.3 is 10.4 Å². The molecule has 0 spiro atoms. The van der Waals surface area contributed by atoms with Gasteiger partial charge in [0.1, 0.15) is 6.04 Å². The Labute approximate surface area is 120 Å². The van der Waals surface area contributed by atoms with Gasteiger partial charge in [0.2, 0.25) is 11.8 Å². The molecule has 1 unspecified atom stereocenters. The predicted octanol–water partition coefficient (Wildman–Crippen LogP) is -0.199. The number of nitrogens with zero attached hydrogens (tertiary/aromatic N) is 1. The van der Waals surface area contributed by atoms with Gasteiger partial charge in [0.15, 0.2) is 0 Å². The van der Waals surface area contributed by atoms with Crippen LogP contribution >= 0.6 is 0 Å². The van der Waals surface area contributed by atoms with Crippen molar-refractivity contribution >= 4 is 23.7 Å². The van der Waals surface area contributed by atoms with Gasteiger partial charge in [-0.25, -0.2) is 4.79 Å². The van der Waals surface area contributed by atoms with Crippen molar-refractivity contribution in [3.8, 4) is 0 Å². The second-order valence-corrected chi connectivity index (χ2v) is 4.75. The van der Waals surface area contributed by atoms with Crippen LogP contribution in [0.5, 0.6) is 0 Å². The number of amides is 3. The monoisotopic (exact) mass is 290 g/mol. The summed E-state index contributed by atoms with van der Waals surface area (Å²) in [7, 11) is 1.36. The van der Waals surface area contributed by atoms with Crippen molar-refractivity contribution in [1.29, 1.82) is 0 Å². The van der Waals surface area contributed by atoms with Gasteiger partial charge in [0.25, 0.3) is 5.91 Å². The fourth-order valence-electron chi connectivity index (χ4n) is 2.17. The fourth-order valence-corrected chi connectivity index (χ4v) is 2.17. The molecule has 110 valence electrons. The third-order valence-electron chi connectivity index (χ3n) is 3.32. The van der Waals surface area contributed by atoms with Crippen LogP contribution in [0.3, 0.4) is 0 Å². The number of carbonyl (C=O) groups excluding carboxylic acids is 3. The lowest BCUT2D eigenvalue weighted by molar-refractivity contribution is -0.138. The predicted molar refractivity (Wildman–Crippen MR) is 71.4 cm³/mol. The van der Waals surface area contributed by atoms with E-state index in [1.54, 1.807) is 12.1 Å². The number of imide groups is 1. The summed E-state index contributed by atoms with van der Waals surface area (Å²) in [5.74, 6) is -2.42. The van der Waals surface area contributed by atoms with E-state index in [9.17, 15) is 19.2 Å². The number of carbonyl (C=O) groups is 4. The Morgan fingerprint density at radius 1 is 1.33 bits per heavy atom. The Morgan fingerprint density at radius 3 is 2.57 bits per heavy atom. The normalized spacial score (nSPS) is 18.0. The Balaban J connectivity index is 2.05. The van der Waals surface area contributed by atoms with Gasteiger partial charge in [-0.2, -0.15) is 0 Å². The highest BCUT2D eigenvalue weighted by Gasteiger charge is 2.36. The summed E-state index contributed by atoms with van der Waals surface area (Å²) in [6, 6.07) is 5.28. The number of rotatable bonds is 4. The number of aromatic carboxylic acids is 1. The third kappa shape index (κ3) is 3.07. The van der Waals surface area contributed by atoms with Crippen LogP contribution in [0.2, 0.25) is 0 Å². The lowest BCUT2D eigenvalue weighted by Crippen LogP contribution is -2.41. The maximum atomic E-state index is 11.9.